The summed E-state index contributed by atoms with van der Waals surface area (Å²) in [5, 5.41) is 0. The normalized spacial score (nSPS) is 52.3. The van der Waals surface area contributed by atoms with Gasteiger partial charge in [0.2, 0.25) is 5.79 Å². The Bertz CT molecular complexity index is 592. The maximum Gasteiger partial charge on any atom is 0.443 e. The molecule has 1 spiro atoms. The van der Waals surface area contributed by atoms with E-state index < -0.39 is 41.5 Å². The van der Waals surface area contributed by atoms with Gasteiger partial charge in [-0.1, -0.05) is 20.2 Å². The van der Waals surface area contributed by atoms with Crippen molar-refractivity contribution in [3.63, 3.8) is 0 Å². The van der Waals surface area contributed by atoms with Crippen molar-refractivity contribution in [1.82, 2.24) is 0 Å². The Labute approximate surface area is 158 Å². The molecule has 0 aromatic rings. The van der Waals surface area contributed by atoms with E-state index in [0.29, 0.717) is 12.8 Å². The van der Waals surface area contributed by atoms with Crippen LogP contribution in [0.1, 0.15) is 46.5 Å². The Morgan fingerprint density at radius 2 is 1.81 bits per heavy atom. The minimum absolute atomic E-state index is 0.00577. The maximum atomic E-state index is 14.2. The number of rotatable bonds is 3. The Morgan fingerprint density at radius 3 is 2.48 bits per heavy atom. The van der Waals surface area contributed by atoms with Crippen LogP contribution in [0.3, 0.4) is 0 Å². The minimum atomic E-state index is -4.74. The monoisotopic (exact) mass is 390 g/mol. The van der Waals surface area contributed by atoms with Crippen molar-refractivity contribution < 1.29 is 37.2 Å². The zero-order chi connectivity index (χ0) is 19.7. The van der Waals surface area contributed by atoms with Crippen molar-refractivity contribution in [2.45, 2.75) is 82.4 Å². The van der Waals surface area contributed by atoms with Gasteiger partial charge in [-0.2, -0.15) is 13.2 Å². The summed E-state index contributed by atoms with van der Waals surface area (Å²) in [6.07, 6.45) is -3.32. The first-order valence-electron chi connectivity index (χ1n) is 9.73. The third-order valence-corrected chi connectivity index (χ3v) is 7.09. The number of hydrogen-bond acceptors (Lipinski definition) is 5. The number of fused-ring (bicyclic) bond motifs is 2. The highest BCUT2D eigenvalue weighted by molar-refractivity contribution is 6.08. The van der Waals surface area contributed by atoms with Crippen LogP contribution in [0.2, 0.25) is 6.32 Å². The van der Waals surface area contributed by atoms with Crippen LogP contribution in [-0.2, 0) is 24.0 Å². The first-order chi connectivity index (χ1) is 12.6. The lowest BCUT2D eigenvalue weighted by Crippen LogP contribution is -2.76. The number of hydrogen-bond donors (Lipinski definition) is 0. The first-order valence-corrected chi connectivity index (χ1v) is 9.73. The van der Waals surface area contributed by atoms with E-state index in [0.717, 1.165) is 12.8 Å². The quantitative estimate of drug-likeness (QED) is 0.543. The minimum Gasteiger partial charge on any atom is -0.343 e. The fraction of sp³-hybridized carbons (Fsp3) is 1.00. The molecule has 8 atom stereocenters. The van der Waals surface area contributed by atoms with Gasteiger partial charge in [0.05, 0.1) is 7.85 Å². The van der Waals surface area contributed by atoms with Gasteiger partial charge in [-0.3, -0.25) is 0 Å². The molecule has 152 valence electrons. The summed E-state index contributed by atoms with van der Waals surface area (Å²) < 4.78 is 59.7. The molecule has 4 heterocycles. The summed E-state index contributed by atoms with van der Waals surface area (Å²) in [5.74, 6) is -5.11. The standard InChI is InChI=1S/C18H26BF3O5/c1-10-4-5-13-11(2)17(18(20,21)22,23-9-8-19)25-14-16(13)12(10)6-7-15(3,24-14)26-27-16/h10-14H,4-9H2,1-3H3/t10-,11-,12+,13+,14+,15+,16-,17-/m1/s1. The van der Waals surface area contributed by atoms with Gasteiger partial charge in [-0.15, -0.1) is 0 Å². The second-order valence-electron chi connectivity index (χ2n) is 8.62. The predicted molar refractivity (Wildman–Crippen MR) is 88.3 cm³/mol. The Kier molecular flexibility index (Phi) is 4.67. The molecule has 2 bridgehead atoms. The molecule has 1 saturated carbocycles. The molecule has 27 heavy (non-hydrogen) atoms. The molecule has 0 aromatic heterocycles. The second-order valence-corrected chi connectivity index (χ2v) is 8.62. The van der Waals surface area contributed by atoms with E-state index in [1.807, 2.05) is 0 Å². The summed E-state index contributed by atoms with van der Waals surface area (Å²) >= 11 is 0. The summed E-state index contributed by atoms with van der Waals surface area (Å²) in [6.45, 7) is 5.05. The van der Waals surface area contributed by atoms with Crippen LogP contribution in [0.5, 0.6) is 0 Å². The van der Waals surface area contributed by atoms with Gasteiger partial charge >= 0.3 is 6.18 Å². The third kappa shape index (κ3) is 2.65. The number of ether oxygens (including phenoxy) is 3. The van der Waals surface area contributed by atoms with Crippen molar-refractivity contribution in [2.24, 2.45) is 23.7 Å². The molecule has 0 unspecified atom stereocenters. The van der Waals surface area contributed by atoms with E-state index in [9.17, 15) is 13.2 Å². The van der Waals surface area contributed by atoms with E-state index >= 15 is 0 Å². The Morgan fingerprint density at radius 1 is 1.07 bits per heavy atom. The van der Waals surface area contributed by atoms with Gasteiger partial charge in [-0.25, -0.2) is 9.78 Å². The molecule has 5 fully saturated rings. The van der Waals surface area contributed by atoms with Crippen molar-refractivity contribution in [3.05, 3.63) is 0 Å². The molecular formula is C18H26BF3O5. The lowest BCUT2D eigenvalue weighted by atomic mass is 9.57. The Hall–Kier alpha value is -0.345. The molecule has 5 nitrogen and oxygen atoms in total. The zero-order valence-corrected chi connectivity index (χ0v) is 15.9. The van der Waals surface area contributed by atoms with E-state index in [1.54, 1.807) is 6.92 Å². The number of alkyl halides is 3. The van der Waals surface area contributed by atoms with Crippen LogP contribution in [0.4, 0.5) is 13.2 Å². The highest BCUT2D eigenvalue weighted by Crippen LogP contribution is 2.64. The van der Waals surface area contributed by atoms with E-state index in [2.05, 4.69) is 6.92 Å². The molecule has 0 N–H and O–H groups in total. The summed E-state index contributed by atoms with van der Waals surface area (Å²) in [5.41, 5.74) is -1.06. The van der Waals surface area contributed by atoms with Crippen LogP contribution in [0, 0.1) is 23.7 Å². The SMILES string of the molecule is [B]CCO[C@@]1(C(F)(F)F)O[C@@H]2O[C@]3(C)CC[C@H]4[C@H](C)CC[C@@H]([C@H]1C)[C@@]24OO3. The van der Waals surface area contributed by atoms with Crippen molar-refractivity contribution in [2.75, 3.05) is 6.61 Å². The lowest BCUT2D eigenvalue weighted by Gasteiger charge is -2.62. The van der Waals surface area contributed by atoms with Crippen molar-refractivity contribution in [1.29, 1.82) is 0 Å². The predicted octanol–water partition coefficient (Wildman–Crippen LogP) is 3.73. The van der Waals surface area contributed by atoms with E-state index in [1.165, 1.54) is 6.92 Å². The summed E-state index contributed by atoms with van der Waals surface area (Å²) in [6, 6.07) is 0. The molecule has 0 aromatic carbocycles. The van der Waals surface area contributed by atoms with Gasteiger partial charge < -0.3 is 14.2 Å². The molecule has 5 aliphatic rings. The van der Waals surface area contributed by atoms with Crippen LogP contribution in [0.15, 0.2) is 0 Å². The first kappa shape index (κ1) is 19.9. The average molecular weight is 390 g/mol. The van der Waals surface area contributed by atoms with Gasteiger partial charge in [0, 0.05) is 24.9 Å². The summed E-state index contributed by atoms with van der Waals surface area (Å²) in [7, 11) is 5.43. The van der Waals surface area contributed by atoms with Crippen LogP contribution in [-0.4, -0.2) is 44.1 Å². The fourth-order valence-electron chi connectivity index (χ4n) is 5.70. The van der Waals surface area contributed by atoms with Crippen molar-refractivity contribution >= 4 is 7.85 Å². The molecule has 9 heteroatoms. The van der Waals surface area contributed by atoms with Crippen LogP contribution in [0.25, 0.3) is 0 Å². The molecular weight excluding hydrogens is 364 g/mol. The third-order valence-electron chi connectivity index (χ3n) is 7.09. The molecule has 2 radical (unpaired) electrons. The largest absolute Gasteiger partial charge is 0.443 e. The molecule has 4 saturated heterocycles. The number of halogens is 3. The van der Waals surface area contributed by atoms with Crippen LogP contribution >= 0.6 is 0 Å². The van der Waals surface area contributed by atoms with Gasteiger partial charge in [0.25, 0.3) is 5.79 Å². The molecule has 5 rings (SSSR count). The smallest absolute Gasteiger partial charge is 0.343 e. The molecule has 4 aliphatic heterocycles. The van der Waals surface area contributed by atoms with Gasteiger partial charge in [0.1, 0.15) is 0 Å². The second kappa shape index (κ2) is 6.32. The van der Waals surface area contributed by atoms with Gasteiger partial charge in [0.15, 0.2) is 11.9 Å². The van der Waals surface area contributed by atoms with Crippen LogP contribution < -0.4 is 0 Å². The van der Waals surface area contributed by atoms with Gasteiger partial charge in [-0.05, 0) is 38.0 Å². The highest BCUT2D eigenvalue weighted by atomic mass is 19.4. The maximum absolute atomic E-state index is 14.2. The summed E-state index contributed by atoms with van der Waals surface area (Å²) in [4.78, 5) is 11.5. The topological polar surface area (TPSA) is 46.2 Å². The average Bonchev–Trinajstić information content (AvgIpc) is 2.82. The van der Waals surface area contributed by atoms with Crippen molar-refractivity contribution in [3.8, 4) is 0 Å². The lowest BCUT2D eigenvalue weighted by molar-refractivity contribution is -0.598. The molecule has 1 aliphatic carbocycles. The molecule has 0 amide bonds. The highest BCUT2D eigenvalue weighted by Gasteiger charge is 2.77. The fourth-order valence-corrected chi connectivity index (χ4v) is 5.70. The zero-order valence-electron chi connectivity index (χ0n) is 15.9. The van der Waals surface area contributed by atoms with E-state index in [-0.39, 0.29) is 24.8 Å². The van der Waals surface area contributed by atoms with E-state index in [4.69, 9.17) is 31.8 Å². The Balaban J connectivity index is 1.82.